The molecule has 6 heteroatoms. The summed E-state index contributed by atoms with van der Waals surface area (Å²) in [6, 6.07) is 10.2. The first-order chi connectivity index (χ1) is 14.7. The highest BCUT2D eigenvalue weighted by atomic mass is 16.6. The molecule has 0 fully saturated rings. The second kappa shape index (κ2) is 19.6. The number of hydrogen-bond donors (Lipinski definition) is 2. The van der Waals surface area contributed by atoms with Gasteiger partial charge in [-0.25, -0.2) is 0 Å². The van der Waals surface area contributed by atoms with Gasteiger partial charge in [-0.15, -0.1) is 0 Å². The van der Waals surface area contributed by atoms with Gasteiger partial charge in [0.1, 0.15) is 13.2 Å². The van der Waals surface area contributed by atoms with Crippen molar-refractivity contribution >= 4 is 12.4 Å². The Balaban J connectivity index is 0.00000407. The summed E-state index contributed by atoms with van der Waals surface area (Å²) in [5.74, 6) is 0. The largest absolute Gasteiger partial charge is 0.396 e. The van der Waals surface area contributed by atoms with E-state index in [-0.39, 0.29) is 12.1 Å². The number of allylic oxidation sites excluding steroid dienone is 3. The van der Waals surface area contributed by atoms with Crippen molar-refractivity contribution in [2.75, 3.05) is 20.3 Å². The molecule has 0 saturated carbocycles. The van der Waals surface area contributed by atoms with Crippen molar-refractivity contribution in [3.05, 3.63) is 72.9 Å². The van der Waals surface area contributed by atoms with E-state index in [4.69, 9.17) is 15.4 Å². The molecule has 0 spiro atoms. The molecule has 0 aliphatic carbocycles. The zero-order chi connectivity index (χ0) is 22.5. The van der Waals surface area contributed by atoms with Crippen LogP contribution in [0.15, 0.2) is 77.6 Å². The molecule has 0 bridgehead atoms. The zero-order valence-electron chi connectivity index (χ0n) is 18.7. The van der Waals surface area contributed by atoms with Gasteiger partial charge in [-0.3, -0.25) is 0 Å². The molecule has 0 amide bonds. The first-order valence-corrected chi connectivity index (χ1v) is 10.4. The number of nitrogens with one attached hydrogen (secondary N) is 1. The summed E-state index contributed by atoms with van der Waals surface area (Å²) in [4.78, 5) is 10.5. The average Bonchev–Trinajstić information content (AvgIpc) is 2.78. The highest BCUT2D eigenvalue weighted by Crippen LogP contribution is 2.04. The average molecular weight is 415 g/mol. The second-order valence-electron chi connectivity index (χ2n) is 6.16. The summed E-state index contributed by atoms with van der Waals surface area (Å²) >= 11 is 0. The van der Waals surface area contributed by atoms with E-state index >= 15 is 0 Å². The third-order valence-corrected chi connectivity index (χ3v) is 3.85. The zero-order valence-corrected chi connectivity index (χ0v) is 18.7. The predicted molar refractivity (Wildman–Crippen MR) is 129 cm³/mol. The van der Waals surface area contributed by atoms with Gasteiger partial charge in [0.15, 0.2) is 0 Å². The molecule has 1 aromatic carbocycles. The minimum Gasteiger partial charge on any atom is -0.396 e. The molecule has 0 aromatic heterocycles. The van der Waals surface area contributed by atoms with E-state index in [0.717, 1.165) is 12.0 Å². The van der Waals surface area contributed by atoms with Crippen molar-refractivity contribution in [2.24, 2.45) is 16.0 Å². The fourth-order valence-corrected chi connectivity index (χ4v) is 2.32. The number of likely N-dealkylation sites (N-methyl/N-ethyl adjacent to an activating group) is 1. The van der Waals surface area contributed by atoms with Crippen molar-refractivity contribution in [3.63, 3.8) is 0 Å². The third-order valence-electron chi connectivity index (χ3n) is 3.85. The number of hydrogen-bond acceptors (Lipinski definition) is 6. The Morgan fingerprint density at radius 3 is 2.30 bits per heavy atom. The van der Waals surface area contributed by atoms with Gasteiger partial charge in [-0.1, -0.05) is 85.9 Å². The van der Waals surface area contributed by atoms with E-state index < -0.39 is 0 Å². The number of nitrogens with zero attached hydrogens (tertiary/aromatic N) is 2. The van der Waals surface area contributed by atoms with Gasteiger partial charge in [0, 0.05) is 18.5 Å². The molecule has 1 aromatic rings. The molecule has 3 N–H and O–H groups in total. The van der Waals surface area contributed by atoms with Crippen LogP contribution in [0.1, 0.15) is 32.3 Å². The standard InChI is InChI=1S/C22H32N4O2.C2H6/c1-4-10-19(5-2)15-21(23)17-25-27-13-9-14-28-26-18-22(24-3)16-20-11-7-6-8-12-20;1-2/h4-8,10-12,17-18,21-22,24H,1-2,9,13-16,23H2,3H3;1-2H3/b19-10+,25-17?,26-18-;/t21-,22?;/m0./s1. The Bertz CT molecular complexity index is 642. The Morgan fingerprint density at radius 1 is 1.10 bits per heavy atom. The van der Waals surface area contributed by atoms with E-state index in [2.05, 4.69) is 40.9 Å². The predicted octanol–water partition coefficient (Wildman–Crippen LogP) is 4.25. The van der Waals surface area contributed by atoms with Crippen LogP contribution >= 0.6 is 0 Å². The van der Waals surface area contributed by atoms with Crippen LogP contribution in [0.2, 0.25) is 0 Å². The van der Waals surface area contributed by atoms with Gasteiger partial charge in [0.25, 0.3) is 0 Å². The smallest absolute Gasteiger partial charge is 0.120 e. The topological polar surface area (TPSA) is 81.2 Å². The molecule has 1 rings (SSSR count). The Labute approximate surface area is 182 Å². The molecule has 0 aliphatic rings. The first-order valence-electron chi connectivity index (χ1n) is 10.4. The van der Waals surface area contributed by atoms with E-state index in [0.29, 0.717) is 26.1 Å². The number of oxime groups is 2. The maximum Gasteiger partial charge on any atom is 0.120 e. The van der Waals surface area contributed by atoms with Crippen LogP contribution in [-0.4, -0.2) is 44.8 Å². The van der Waals surface area contributed by atoms with Crippen molar-refractivity contribution in [2.45, 2.75) is 45.2 Å². The van der Waals surface area contributed by atoms with Crippen LogP contribution in [0.5, 0.6) is 0 Å². The molecule has 6 nitrogen and oxygen atoms in total. The Kier molecular flexibility index (Phi) is 17.8. The van der Waals surface area contributed by atoms with Gasteiger partial charge in [0.05, 0.1) is 12.4 Å². The fourth-order valence-electron chi connectivity index (χ4n) is 2.32. The fraction of sp³-hybridized carbons (Fsp3) is 0.417. The van der Waals surface area contributed by atoms with E-state index in [1.54, 1.807) is 24.6 Å². The molecular weight excluding hydrogens is 376 g/mol. The minimum absolute atomic E-state index is 0.125. The highest BCUT2D eigenvalue weighted by Gasteiger charge is 2.04. The van der Waals surface area contributed by atoms with E-state index in [9.17, 15) is 0 Å². The maximum atomic E-state index is 5.96. The molecule has 0 radical (unpaired) electrons. The monoisotopic (exact) mass is 414 g/mol. The molecular formula is C24H38N4O2. The maximum absolute atomic E-state index is 5.96. The van der Waals surface area contributed by atoms with Gasteiger partial charge in [0.2, 0.25) is 0 Å². The molecule has 166 valence electrons. The van der Waals surface area contributed by atoms with E-state index in [1.807, 2.05) is 45.2 Å². The number of benzene rings is 1. The lowest BCUT2D eigenvalue weighted by molar-refractivity contribution is 0.0905. The van der Waals surface area contributed by atoms with E-state index in [1.165, 1.54) is 5.56 Å². The van der Waals surface area contributed by atoms with Crippen LogP contribution in [-0.2, 0) is 16.1 Å². The third kappa shape index (κ3) is 14.3. The van der Waals surface area contributed by atoms with Gasteiger partial charge >= 0.3 is 0 Å². The molecule has 30 heavy (non-hydrogen) atoms. The van der Waals surface area contributed by atoms with Crippen LogP contribution in [0.4, 0.5) is 0 Å². The normalized spacial score (nSPS) is 13.4. The summed E-state index contributed by atoms with van der Waals surface area (Å²) in [5.41, 5.74) is 8.21. The number of nitrogens with two attached hydrogens (primary N) is 1. The molecule has 0 aliphatic heterocycles. The summed E-state index contributed by atoms with van der Waals surface area (Å²) in [6.07, 6.45) is 10.9. The molecule has 2 atom stereocenters. The first kappa shape index (κ1) is 27.3. The summed E-state index contributed by atoms with van der Waals surface area (Å²) in [6.45, 7) is 12.3. The summed E-state index contributed by atoms with van der Waals surface area (Å²) < 4.78 is 0. The molecule has 1 unspecified atom stereocenters. The van der Waals surface area contributed by atoms with Crippen LogP contribution < -0.4 is 11.1 Å². The van der Waals surface area contributed by atoms with Crippen LogP contribution in [0, 0.1) is 0 Å². The number of rotatable bonds is 15. The quantitative estimate of drug-likeness (QED) is 0.194. The second-order valence-corrected chi connectivity index (χ2v) is 6.16. The lowest BCUT2D eigenvalue weighted by Crippen LogP contribution is -2.29. The highest BCUT2D eigenvalue weighted by molar-refractivity contribution is 5.64. The van der Waals surface area contributed by atoms with Crippen molar-refractivity contribution in [1.29, 1.82) is 0 Å². The van der Waals surface area contributed by atoms with Gasteiger partial charge in [-0.05, 0) is 31.0 Å². The molecule has 0 saturated heterocycles. The van der Waals surface area contributed by atoms with Crippen molar-refractivity contribution in [3.8, 4) is 0 Å². The Morgan fingerprint density at radius 2 is 1.73 bits per heavy atom. The van der Waals surface area contributed by atoms with Crippen molar-refractivity contribution < 1.29 is 9.68 Å². The Hall–Kier alpha value is -2.70. The summed E-state index contributed by atoms with van der Waals surface area (Å²) in [5, 5.41) is 11.1. The van der Waals surface area contributed by atoms with Gasteiger partial charge in [-0.2, -0.15) is 0 Å². The van der Waals surface area contributed by atoms with Gasteiger partial charge < -0.3 is 20.7 Å². The van der Waals surface area contributed by atoms with Crippen LogP contribution in [0.3, 0.4) is 0 Å². The van der Waals surface area contributed by atoms with Crippen LogP contribution in [0.25, 0.3) is 0 Å². The summed E-state index contributed by atoms with van der Waals surface area (Å²) in [7, 11) is 1.90. The molecule has 0 heterocycles. The minimum atomic E-state index is -0.229. The lowest BCUT2D eigenvalue weighted by Gasteiger charge is -2.10. The van der Waals surface area contributed by atoms with Crippen molar-refractivity contribution in [1.82, 2.24) is 5.32 Å². The SMILES string of the molecule is C=C/C=C(\C=C)C[C@H](N)C=NOCCCO/N=C\C(Cc1ccccc1)NC.CC. The lowest BCUT2D eigenvalue weighted by atomic mass is 10.1.